The molecule has 0 aliphatic heterocycles. The lowest BCUT2D eigenvalue weighted by molar-refractivity contribution is -0.141. The highest BCUT2D eigenvalue weighted by Gasteiger charge is 2.22. The van der Waals surface area contributed by atoms with Crippen LogP contribution in [0, 0.1) is 11.3 Å². The highest BCUT2D eigenvalue weighted by molar-refractivity contribution is 5.82. The summed E-state index contributed by atoms with van der Waals surface area (Å²) in [5.41, 5.74) is 2.80. The average molecular weight is 339 g/mol. The zero-order chi connectivity index (χ0) is 18.2. The SMILES string of the molecule is CCOc1ccc(C(Nc2ccc(C#N)cc2)C(=O)OC)cc1NC. The molecule has 2 N–H and O–H groups in total. The predicted molar refractivity (Wildman–Crippen MR) is 96.7 cm³/mol. The molecule has 2 aromatic rings. The first-order valence-corrected chi connectivity index (χ1v) is 7.92. The van der Waals surface area contributed by atoms with Gasteiger partial charge in [0.2, 0.25) is 0 Å². The summed E-state index contributed by atoms with van der Waals surface area (Å²) in [6.07, 6.45) is 0. The van der Waals surface area contributed by atoms with Crippen LogP contribution in [0.25, 0.3) is 0 Å². The fraction of sp³-hybridized carbons (Fsp3) is 0.263. The fourth-order valence-corrected chi connectivity index (χ4v) is 2.41. The summed E-state index contributed by atoms with van der Waals surface area (Å²) in [6, 6.07) is 13.8. The average Bonchev–Trinajstić information content (AvgIpc) is 2.66. The fourth-order valence-electron chi connectivity index (χ4n) is 2.41. The van der Waals surface area contributed by atoms with Gasteiger partial charge >= 0.3 is 5.97 Å². The quantitative estimate of drug-likeness (QED) is 0.753. The molecule has 2 rings (SSSR count). The Morgan fingerprint density at radius 2 is 1.96 bits per heavy atom. The monoisotopic (exact) mass is 339 g/mol. The van der Waals surface area contributed by atoms with E-state index in [9.17, 15) is 4.79 Å². The number of anilines is 2. The van der Waals surface area contributed by atoms with Crippen molar-refractivity contribution in [3.8, 4) is 11.8 Å². The Morgan fingerprint density at radius 3 is 2.52 bits per heavy atom. The molecule has 1 unspecified atom stereocenters. The van der Waals surface area contributed by atoms with E-state index in [-0.39, 0.29) is 0 Å². The van der Waals surface area contributed by atoms with E-state index < -0.39 is 12.0 Å². The van der Waals surface area contributed by atoms with Gasteiger partial charge < -0.3 is 20.1 Å². The number of hydrogen-bond donors (Lipinski definition) is 2. The highest BCUT2D eigenvalue weighted by Crippen LogP contribution is 2.30. The summed E-state index contributed by atoms with van der Waals surface area (Å²) in [5, 5.41) is 15.1. The van der Waals surface area contributed by atoms with Crippen LogP contribution in [0.1, 0.15) is 24.1 Å². The van der Waals surface area contributed by atoms with Crippen molar-refractivity contribution in [2.45, 2.75) is 13.0 Å². The van der Waals surface area contributed by atoms with Gasteiger partial charge in [0.05, 0.1) is 31.0 Å². The minimum Gasteiger partial charge on any atom is -0.492 e. The number of nitrogens with one attached hydrogen (secondary N) is 2. The van der Waals surface area contributed by atoms with E-state index >= 15 is 0 Å². The largest absolute Gasteiger partial charge is 0.492 e. The minimum absolute atomic E-state index is 0.407. The molecular formula is C19H21N3O3. The number of nitrogens with zero attached hydrogens (tertiary/aromatic N) is 1. The summed E-state index contributed by atoms with van der Waals surface area (Å²) in [5.74, 6) is 0.311. The van der Waals surface area contributed by atoms with Gasteiger partial charge in [0, 0.05) is 12.7 Å². The molecule has 0 saturated carbocycles. The molecule has 6 nitrogen and oxygen atoms in total. The third-order valence-electron chi connectivity index (χ3n) is 3.67. The first-order chi connectivity index (χ1) is 12.1. The maximum absolute atomic E-state index is 12.3. The van der Waals surface area contributed by atoms with Crippen molar-refractivity contribution in [1.29, 1.82) is 5.26 Å². The third-order valence-corrected chi connectivity index (χ3v) is 3.67. The van der Waals surface area contributed by atoms with Crippen molar-refractivity contribution in [3.63, 3.8) is 0 Å². The van der Waals surface area contributed by atoms with Crippen LogP contribution in [0.2, 0.25) is 0 Å². The van der Waals surface area contributed by atoms with Gasteiger partial charge in [-0.15, -0.1) is 0 Å². The van der Waals surface area contributed by atoms with E-state index in [0.717, 1.165) is 17.0 Å². The smallest absolute Gasteiger partial charge is 0.332 e. The van der Waals surface area contributed by atoms with E-state index in [1.165, 1.54) is 7.11 Å². The number of nitriles is 1. The lowest BCUT2D eigenvalue weighted by Crippen LogP contribution is -2.22. The molecule has 25 heavy (non-hydrogen) atoms. The Hall–Kier alpha value is -3.20. The van der Waals surface area contributed by atoms with Gasteiger partial charge in [0.25, 0.3) is 0 Å². The first-order valence-electron chi connectivity index (χ1n) is 7.92. The molecule has 0 aliphatic rings. The molecule has 2 aromatic carbocycles. The van der Waals surface area contributed by atoms with Gasteiger partial charge in [-0.25, -0.2) is 4.79 Å². The molecular weight excluding hydrogens is 318 g/mol. The molecule has 6 heteroatoms. The second-order valence-electron chi connectivity index (χ2n) is 5.23. The molecule has 0 fully saturated rings. The van der Waals surface area contributed by atoms with Gasteiger partial charge in [-0.05, 0) is 48.9 Å². The van der Waals surface area contributed by atoms with Gasteiger partial charge in [-0.3, -0.25) is 0 Å². The van der Waals surface area contributed by atoms with E-state index in [1.54, 1.807) is 31.3 Å². The Kier molecular flexibility index (Phi) is 6.24. The number of carbonyl (C=O) groups excluding carboxylic acids is 1. The molecule has 0 bridgehead atoms. The second-order valence-corrected chi connectivity index (χ2v) is 5.23. The van der Waals surface area contributed by atoms with Gasteiger partial charge in [0.15, 0.2) is 6.04 Å². The summed E-state index contributed by atoms with van der Waals surface area (Å²) in [7, 11) is 3.15. The number of rotatable bonds is 7. The molecule has 0 amide bonds. The number of esters is 1. The second kappa shape index (κ2) is 8.60. The van der Waals surface area contributed by atoms with Crippen molar-refractivity contribution < 1.29 is 14.3 Å². The lowest BCUT2D eigenvalue weighted by atomic mass is 10.0. The van der Waals surface area contributed by atoms with Gasteiger partial charge in [0.1, 0.15) is 5.75 Å². The number of carbonyl (C=O) groups is 1. The van der Waals surface area contributed by atoms with Crippen LogP contribution in [0.5, 0.6) is 5.75 Å². The van der Waals surface area contributed by atoms with E-state index in [2.05, 4.69) is 16.7 Å². The van der Waals surface area contributed by atoms with E-state index in [4.69, 9.17) is 14.7 Å². The molecule has 0 saturated heterocycles. The van der Waals surface area contributed by atoms with Crippen LogP contribution in [0.3, 0.4) is 0 Å². The maximum atomic E-state index is 12.3. The molecule has 0 heterocycles. The topological polar surface area (TPSA) is 83.4 Å². The Balaban J connectivity index is 2.33. The Labute approximate surface area is 147 Å². The first kappa shape index (κ1) is 18.1. The zero-order valence-corrected chi connectivity index (χ0v) is 14.5. The molecule has 1 atom stereocenters. The summed E-state index contributed by atoms with van der Waals surface area (Å²) in [4.78, 5) is 12.3. The Morgan fingerprint density at radius 1 is 1.24 bits per heavy atom. The van der Waals surface area contributed by atoms with Gasteiger partial charge in [-0.2, -0.15) is 5.26 Å². The van der Waals surface area contributed by atoms with E-state index in [1.807, 2.05) is 25.1 Å². The van der Waals surface area contributed by atoms with Crippen LogP contribution >= 0.6 is 0 Å². The maximum Gasteiger partial charge on any atom is 0.332 e. The summed E-state index contributed by atoms with van der Waals surface area (Å²) >= 11 is 0. The molecule has 0 spiro atoms. The normalized spacial score (nSPS) is 11.1. The molecule has 0 aliphatic carbocycles. The van der Waals surface area contributed by atoms with Crippen LogP contribution in [0.4, 0.5) is 11.4 Å². The highest BCUT2D eigenvalue weighted by atomic mass is 16.5. The van der Waals surface area contributed by atoms with Crippen molar-refractivity contribution in [2.24, 2.45) is 0 Å². The third kappa shape index (κ3) is 4.42. The van der Waals surface area contributed by atoms with Crippen molar-refractivity contribution in [2.75, 3.05) is 31.4 Å². The molecule has 130 valence electrons. The zero-order valence-electron chi connectivity index (χ0n) is 14.5. The molecule has 0 radical (unpaired) electrons. The summed E-state index contributed by atoms with van der Waals surface area (Å²) < 4.78 is 10.5. The number of benzene rings is 2. The molecule has 0 aromatic heterocycles. The van der Waals surface area contributed by atoms with Crippen molar-refractivity contribution in [1.82, 2.24) is 0 Å². The number of methoxy groups -OCH3 is 1. The van der Waals surface area contributed by atoms with Crippen molar-refractivity contribution >= 4 is 17.3 Å². The van der Waals surface area contributed by atoms with Crippen LogP contribution in [-0.4, -0.2) is 26.7 Å². The van der Waals surface area contributed by atoms with Crippen LogP contribution in [-0.2, 0) is 9.53 Å². The minimum atomic E-state index is -0.680. The van der Waals surface area contributed by atoms with Crippen LogP contribution < -0.4 is 15.4 Å². The Bertz CT molecular complexity index is 766. The number of ether oxygens (including phenoxy) is 2. The van der Waals surface area contributed by atoms with Crippen LogP contribution in [0.15, 0.2) is 42.5 Å². The lowest BCUT2D eigenvalue weighted by Gasteiger charge is -2.20. The summed E-state index contributed by atoms with van der Waals surface area (Å²) in [6.45, 7) is 2.47. The van der Waals surface area contributed by atoms with E-state index in [0.29, 0.717) is 17.9 Å². The van der Waals surface area contributed by atoms with Crippen molar-refractivity contribution in [3.05, 3.63) is 53.6 Å². The predicted octanol–water partition coefficient (Wildman–Crippen LogP) is 3.32. The standard InChI is InChI=1S/C19H21N3O3/c1-4-25-17-10-7-14(11-16(17)21-2)18(19(23)24-3)22-15-8-5-13(12-20)6-9-15/h5-11,18,21-22H,4H2,1-3H3. The number of hydrogen-bond acceptors (Lipinski definition) is 6. The van der Waals surface area contributed by atoms with Gasteiger partial charge in [-0.1, -0.05) is 6.07 Å².